The molecule has 2 aromatic rings. The molecule has 0 unspecified atom stereocenters. The number of nitrogens with one attached hydrogen (secondary N) is 1. The standard InChI is InChI=1S/C17H20N2O3S/c1-14(2)13-22-17-11-7-6-8-15(17)12-18-19-23(20,21)16-9-4-3-5-10-16/h3-12,14,19H,13H2,1-2H3/b18-12+. The lowest BCUT2D eigenvalue weighted by Gasteiger charge is -2.10. The predicted octanol–water partition coefficient (Wildman–Crippen LogP) is 3.03. The van der Waals surface area contributed by atoms with E-state index in [1.165, 1.54) is 18.3 Å². The maximum atomic E-state index is 12.1. The molecule has 0 radical (unpaired) electrons. The summed E-state index contributed by atoms with van der Waals surface area (Å²) in [5.74, 6) is 1.07. The van der Waals surface area contributed by atoms with Gasteiger partial charge in [-0.2, -0.15) is 13.5 Å². The summed E-state index contributed by atoms with van der Waals surface area (Å²) in [6, 6.07) is 15.4. The van der Waals surface area contributed by atoms with Crippen molar-refractivity contribution in [3.63, 3.8) is 0 Å². The Bertz CT molecular complexity index is 756. The first-order chi connectivity index (χ1) is 11.0. The minimum Gasteiger partial charge on any atom is -0.493 e. The molecule has 5 nitrogen and oxygen atoms in total. The summed E-state index contributed by atoms with van der Waals surface area (Å²) in [4.78, 5) is 2.37. The number of hydrogen-bond donors (Lipinski definition) is 1. The van der Waals surface area contributed by atoms with Crippen LogP contribution in [-0.2, 0) is 10.0 Å². The molecule has 0 bridgehead atoms. The Labute approximate surface area is 137 Å². The van der Waals surface area contributed by atoms with E-state index in [2.05, 4.69) is 23.8 Å². The molecule has 23 heavy (non-hydrogen) atoms. The van der Waals surface area contributed by atoms with Gasteiger partial charge in [0.15, 0.2) is 0 Å². The van der Waals surface area contributed by atoms with E-state index in [0.717, 1.165) is 0 Å². The van der Waals surface area contributed by atoms with Crippen molar-refractivity contribution in [1.29, 1.82) is 0 Å². The molecule has 0 aliphatic rings. The normalized spacial score (nSPS) is 11.8. The number of benzene rings is 2. The van der Waals surface area contributed by atoms with Crippen molar-refractivity contribution in [3.05, 3.63) is 60.2 Å². The first kappa shape index (κ1) is 17.0. The van der Waals surface area contributed by atoms with Gasteiger partial charge in [-0.15, -0.1) is 0 Å². The highest BCUT2D eigenvalue weighted by molar-refractivity contribution is 7.89. The fourth-order valence-electron chi connectivity index (χ4n) is 1.79. The monoisotopic (exact) mass is 332 g/mol. The van der Waals surface area contributed by atoms with Crippen molar-refractivity contribution in [2.75, 3.05) is 6.61 Å². The Balaban J connectivity index is 2.09. The van der Waals surface area contributed by atoms with Crippen molar-refractivity contribution >= 4 is 16.2 Å². The van der Waals surface area contributed by atoms with Gasteiger partial charge < -0.3 is 4.74 Å². The SMILES string of the molecule is CC(C)COc1ccccc1/C=N/NS(=O)(=O)c1ccccc1. The Hall–Kier alpha value is -2.34. The molecule has 0 aromatic heterocycles. The third-order valence-corrected chi connectivity index (χ3v) is 4.16. The summed E-state index contributed by atoms with van der Waals surface area (Å²) >= 11 is 0. The Morgan fingerprint density at radius 3 is 2.43 bits per heavy atom. The van der Waals surface area contributed by atoms with Crippen molar-refractivity contribution in [3.8, 4) is 5.75 Å². The number of sulfonamides is 1. The largest absolute Gasteiger partial charge is 0.493 e. The molecule has 0 heterocycles. The summed E-state index contributed by atoms with van der Waals surface area (Å²) in [7, 11) is -3.66. The molecule has 0 spiro atoms. The van der Waals surface area contributed by atoms with Crippen LogP contribution in [0.15, 0.2) is 64.6 Å². The van der Waals surface area contributed by atoms with Crippen LogP contribution < -0.4 is 9.57 Å². The van der Waals surface area contributed by atoms with E-state index in [1.54, 1.807) is 18.2 Å². The fourth-order valence-corrected chi connectivity index (χ4v) is 2.61. The van der Waals surface area contributed by atoms with E-state index in [4.69, 9.17) is 4.74 Å². The van der Waals surface area contributed by atoms with Gasteiger partial charge in [-0.1, -0.05) is 44.2 Å². The van der Waals surface area contributed by atoms with Crippen LogP contribution in [0.5, 0.6) is 5.75 Å². The summed E-state index contributed by atoms with van der Waals surface area (Å²) < 4.78 is 29.8. The predicted molar refractivity (Wildman–Crippen MR) is 91.1 cm³/mol. The molecule has 0 saturated heterocycles. The van der Waals surface area contributed by atoms with Crippen molar-refractivity contribution in [1.82, 2.24) is 4.83 Å². The summed E-state index contributed by atoms with van der Waals surface area (Å²) in [5, 5.41) is 3.83. The zero-order valence-corrected chi connectivity index (χ0v) is 14.0. The van der Waals surface area contributed by atoms with Crippen LogP contribution >= 0.6 is 0 Å². The van der Waals surface area contributed by atoms with Crippen molar-refractivity contribution in [2.24, 2.45) is 11.0 Å². The summed E-state index contributed by atoms with van der Waals surface area (Å²) in [5.41, 5.74) is 0.712. The van der Waals surface area contributed by atoms with E-state index < -0.39 is 10.0 Å². The van der Waals surface area contributed by atoms with Crippen LogP contribution in [0, 0.1) is 5.92 Å². The van der Waals surface area contributed by atoms with Crippen LogP contribution in [0.1, 0.15) is 19.4 Å². The topological polar surface area (TPSA) is 67.8 Å². The van der Waals surface area contributed by atoms with E-state index in [1.807, 2.05) is 24.3 Å². The Morgan fingerprint density at radius 1 is 1.09 bits per heavy atom. The molecule has 1 N–H and O–H groups in total. The molecular formula is C17H20N2O3S. The van der Waals surface area contributed by atoms with Crippen LogP contribution in [0.4, 0.5) is 0 Å². The lowest BCUT2D eigenvalue weighted by atomic mass is 10.2. The van der Waals surface area contributed by atoms with Crippen LogP contribution in [0.2, 0.25) is 0 Å². The third-order valence-electron chi connectivity index (χ3n) is 2.92. The van der Waals surface area contributed by atoms with Gasteiger partial charge in [0.05, 0.1) is 17.7 Å². The number of rotatable bonds is 7. The lowest BCUT2D eigenvalue weighted by Crippen LogP contribution is -2.18. The van der Waals surface area contributed by atoms with E-state index >= 15 is 0 Å². The summed E-state index contributed by atoms with van der Waals surface area (Å²) in [6.45, 7) is 4.70. The van der Waals surface area contributed by atoms with Gasteiger partial charge in [-0.3, -0.25) is 0 Å². The second kappa shape index (κ2) is 7.78. The molecule has 0 atom stereocenters. The summed E-state index contributed by atoms with van der Waals surface area (Å²) in [6.07, 6.45) is 1.44. The Kier molecular flexibility index (Phi) is 5.76. The second-order valence-corrected chi connectivity index (χ2v) is 7.07. The molecule has 0 aliphatic carbocycles. The molecule has 0 fully saturated rings. The first-order valence-electron chi connectivity index (χ1n) is 7.31. The van der Waals surface area contributed by atoms with Crippen LogP contribution in [-0.4, -0.2) is 21.2 Å². The maximum absolute atomic E-state index is 12.1. The molecule has 2 aromatic carbocycles. The van der Waals surface area contributed by atoms with Gasteiger partial charge in [0.25, 0.3) is 10.0 Å². The molecule has 0 amide bonds. The smallest absolute Gasteiger partial charge is 0.276 e. The van der Waals surface area contributed by atoms with Gasteiger partial charge in [0.1, 0.15) is 5.75 Å². The minimum atomic E-state index is -3.66. The lowest BCUT2D eigenvalue weighted by molar-refractivity contribution is 0.270. The number of ether oxygens (including phenoxy) is 1. The Morgan fingerprint density at radius 2 is 1.74 bits per heavy atom. The fraction of sp³-hybridized carbons (Fsp3) is 0.235. The van der Waals surface area contributed by atoms with Gasteiger partial charge in [-0.25, -0.2) is 4.83 Å². The quantitative estimate of drug-likeness (QED) is 0.626. The van der Waals surface area contributed by atoms with Crippen molar-refractivity contribution < 1.29 is 13.2 Å². The second-order valence-electron chi connectivity index (χ2n) is 5.41. The van der Waals surface area contributed by atoms with Crippen molar-refractivity contribution in [2.45, 2.75) is 18.7 Å². The molecule has 0 aliphatic heterocycles. The minimum absolute atomic E-state index is 0.168. The van der Waals surface area contributed by atoms with Gasteiger partial charge in [0, 0.05) is 5.56 Å². The zero-order valence-electron chi connectivity index (χ0n) is 13.1. The number of hydrogen-bond acceptors (Lipinski definition) is 4. The first-order valence-corrected chi connectivity index (χ1v) is 8.79. The zero-order chi connectivity index (χ0) is 16.7. The highest BCUT2D eigenvalue weighted by atomic mass is 32.2. The maximum Gasteiger partial charge on any atom is 0.276 e. The van der Waals surface area contributed by atoms with Gasteiger partial charge >= 0.3 is 0 Å². The number of para-hydroxylation sites is 1. The number of nitrogens with zero attached hydrogens (tertiary/aromatic N) is 1. The van der Waals surface area contributed by atoms with E-state index in [9.17, 15) is 8.42 Å². The average Bonchev–Trinajstić information content (AvgIpc) is 2.54. The molecular weight excluding hydrogens is 312 g/mol. The molecule has 0 saturated carbocycles. The highest BCUT2D eigenvalue weighted by Crippen LogP contribution is 2.16. The highest BCUT2D eigenvalue weighted by Gasteiger charge is 2.11. The molecule has 6 heteroatoms. The van der Waals surface area contributed by atoms with Gasteiger partial charge in [-0.05, 0) is 30.2 Å². The third kappa shape index (κ3) is 5.10. The average molecular weight is 332 g/mol. The molecule has 2 rings (SSSR count). The van der Waals surface area contributed by atoms with Crippen LogP contribution in [0.25, 0.3) is 0 Å². The van der Waals surface area contributed by atoms with E-state index in [-0.39, 0.29) is 4.90 Å². The van der Waals surface area contributed by atoms with Crippen LogP contribution in [0.3, 0.4) is 0 Å². The number of hydrazone groups is 1. The van der Waals surface area contributed by atoms with E-state index in [0.29, 0.717) is 23.8 Å². The molecule has 122 valence electrons. The van der Waals surface area contributed by atoms with Gasteiger partial charge in [0.2, 0.25) is 0 Å².